The summed E-state index contributed by atoms with van der Waals surface area (Å²) in [5.74, 6) is 0.218. The maximum absolute atomic E-state index is 12.3. The van der Waals surface area contributed by atoms with Gasteiger partial charge >= 0.3 is 0 Å². The molecule has 1 aromatic heterocycles. The summed E-state index contributed by atoms with van der Waals surface area (Å²) < 4.78 is 0. The molecule has 0 saturated carbocycles. The lowest BCUT2D eigenvalue weighted by Gasteiger charge is -2.18. The molecule has 1 fully saturated rings. The van der Waals surface area contributed by atoms with Gasteiger partial charge < -0.3 is 10.6 Å². The number of amides is 1. The van der Waals surface area contributed by atoms with Gasteiger partial charge in [0.25, 0.3) is 5.91 Å². The third kappa shape index (κ3) is 2.44. The van der Waals surface area contributed by atoms with Gasteiger partial charge in [-0.15, -0.1) is 0 Å². The Morgan fingerprint density at radius 1 is 1.59 bits per heavy atom. The Labute approximate surface area is 101 Å². The smallest absolute Gasteiger partial charge is 0.257 e. The number of rotatable bonds is 2. The van der Waals surface area contributed by atoms with E-state index < -0.39 is 0 Å². The number of hydrogen-bond acceptors (Lipinski definition) is 4. The van der Waals surface area contributed by atoms with Crippen LogP contribution in [0.1, 0.15) is 42.2 Å². The van der Waals surface area contributed by atoms with E-state index in [9.17, 15) is 4.79 Å². The lowest BCUT2D eigenvalue weighted by molar-refractivity contribution is 0.0788. The van der Waals surface area contributed by atoms with Gasteiger partial charge in [-0.1, -0.05) is 13.8 Å². The molecule has 0 aromatic carbocycles. The number of nitrogens with zero attached hydrogens (tertiary/aromatic N) is 3. The van der Waals surface area contributed by atoms with Gasteiger partial charge in [-0.2, -0.15) is 0 Å². The van der Waals surface area contributed by atoms with Gasteiger partial charge in [0.15, 0.2) is 0 Å². The SMILES string of the molecule is CC(C)c1ncncc1C(=O)N1CC[C@H](N)C1. The highest BCUT2D eigenvalue weighted by atomic mass is 16.2. The van der Waals surface area contributed by atoms with Crippen LogP contribution in [-0.2, 0) is 0 Å². The van der Waals surface area contributed by atoms with Gasteiger partial charge in [0.1, 0.15) is 6.33 Å². The highest BCUT2D eigenvalue weighted by Crippen LogP contribution is 2.19. The third-order valence-electron chi connectivity index (χ3n) is 3.03. The fourth-order valence-electron chi connectivity index (χ4n) is 2.11. The fraction of sp³-hybridized carbons (Fsp3) is 0.583. The van der Waals surface area contributed by atoms with Gasteiger partial charge in [0.2, 0.25) is 0 Å². The number of hydrogen-bond donors (Lipinski definition) is 1. The first-order valence-corrected chi connectivity index (χ1v) is 5.94. The van der Waals surface area contributed by atoms with E-state index in [1.165, 1.54) is 6.33 Å². The minimum absolute atomic E-state index is 0.00208. The minimum Gasteiger partial charge on any atom is -0.337 e. The zero-order chi connectivity index (χ0) is 12.4. The fourth-order valence-corrected chi connectivity index (χ4v) is 2.11. The van der Waals surface area contributed by atoms with Gasteiger partial charge in [-0.25, -0.2) is 9.97 Å². The number of likely N-dealkylation sites (tertiary alicyclic amines) is 1. The summed E-state index contributed by atoms with van der Waals surface area (Å²) in [6.45, 7) is 5.40. The van der Waals surface area contributed by atoms with Crippen LogP contribution in [0, 0.1) is 0 Å². The van der Waals surface area contributed by atoms with E-state index in [0.717, 1.165) is 18.7 Å². The molecule has 0 unspecified atom stereocenters. The Bertz CT molecular complexity index is 419. The Hall–Kier alpha value is -1.49. The first kappa shape index (κ1) is 12.0. The van der Waals surface area contributed by atoms with Crippen LogP contribution in [0.2, 0.25) is 0 Å². The maximum atomic E-state index is 12.3. The molecule has 1 aliphatic heterocycles. The molecule has 92 valence electrons. The zero-order valence-corrected chi connectivity index (χ0v) is 10.3. The van der Waals surface area contributed by atoms with E-state index in [1.54, 1.807) is 11.1 Å². The summed E-state index contributed by atoms with van der Waals surface area (Å²) in [7, 11) is 0. The summed E-state index contributed by atoms with van der Waals surface area (Å²) in [4.78, 5) is 22.2. The second-order valence-electron chi connectivity index (χ2n) is 4.78. The molecule has 0 spiro atoms. The van der Waals surface area contributed by atoms with Crippen molar-refractivity contribution in [3.8, 4) is 0 Å². The Morgan fingerprint density at radius 3 is 2.94 bits per heavy atom. The summed E-state index contributed by atoms with van der Waals surface area (Å²) >= 11 is 0. The lowest BCUT2D eigenvalue weighted by atomic mass is 10.0. The van der Waals surface area contributed by atoms with E-state index in [1.807, 2.05) is 13.8 Å². The first-order valence-electron chi connectivity index (χ1n) is 5.94. The molecular formula is C12H18N4O. The molecule has 1 saturated heterocycles. The molecular weight excluding hydrogens is 216 g/mol. The van der Waals surface area contributed by atoms with E-state index in [4.69, 9.17) is 5.73 Å². The second-order valence-corrected chi connectivity index (χ2v) is 4.78. The lowest BCUT2D eigenvalue weighted by Crippen LogP contribution is -2.32. The largest absolute Gasteiger partial charge is 0.337 e. The van der Waals surface area contributed by atoms with Crippen LogP contribution in [0.5, 0.6) is 0 Å². The average molecular weight is 234 g/mol. The van der Waals surface area contributed by atoms with Crippen molar-refractivity contribution in [3.05, 3.63) is 23.8 Å². The summed E-state index contributed by atoms with van der Waals surface area (Å²) in [5, 5.41) is 0. The highest BCUT2D eigenvalue weighted by Gasteiger charge is 2.27. The maximum Gasteiger partial charge on any atom is 0.257 e. The molecule has 2 rings (SSSR count). The van der Waals surface area contributed by atoms with Crippen molar-refractivity contribution in [2.45, 2.75) is 32.2 Å². The van der Waals surface area contributed by atoms with Gasteiger partial charge in [-0.05, 0) is 12.3 Å². The molecule has 2 heterocycles. The van der Waals surface area contributed by atoms with Crippen molar-refractivity contribution < 1.29 is 4.79 Å². The van der Waals surface area contributed by atoms with Crippen molar-refractivity contribution in [1.82, 2.24) is 14.9 Å². The summed E-state index contributed by atoms with van der Waals surface area (Å²) in [6, 6.07) is 0.103. The number of nitrogens with two attached hydrogens (primary N) is 1. The van der Waals surface area contributed by atoms with Gasteiger partial charge in [0.05, 0.1) is 11.3 Å². The van der Waals surface area contributed by atoms with Gasteiger partial charge in [-0.3, -0.25) is 4.79 Å². The molecule has 0 radical (unpaired) electrons. The number of carbonyl (C=O) groups excluding carboxylic acids is 1. The summed E-state index contributed by atoms with van der Waals surface area (Å²) in [5.41, 5.74) is 7.23. The van der Waals surface area contributed by atoms with E-state index in [-0.39, 0.29) is 17.9 Å². The van der Waals surface area contributed by atoms with Gasteiger partial charge in [0, 0.05) is 25.3 Å². The molecule has 5 nitrogen and oxygen atoms in total. The van der Waals surface area contributed by atoms with Crippen LogP contribution in [0.4, 0.5) is 0 Å². The predicted octanol–water partition coefficient (Wildman–Crippen LogP) is 0.773. The number of aromatic nitrogens is 2. The van der Waals surface area contributed by atoms with Crippen LogP contribution in [0.25, 0.3) is 0 Å². The van der Waals surface area contributed by atoms with Crippen molar-refractivity contribution in [2.75, 3.05) is 13.1 Å². The standard InChI is InChI=1S/C12H18N4O/c1-8(2)11-10(5-14-7-15-11)12(17)16-4-3-9(13)6-16/h5,7-9H,3-4,6,13H2,1-2H3/t9-/m0/s1. The molecule has 0 bridgehead atoms. The van der Waals surface area contributed by atoms with E-state index in [2.05, 4.69) is 9.97 Å². The van der Waals surface area contributed by atoms with Crippen LogP contribution < -0.4 is 5.73 Å². The predicted molar refractivity (Wildman–Crippen MR) is 64.6 cm³/mol. The van der Waals surface area contributed by atoms with Crippen LogP contribution in [0.3, 0.4) is 0 Å². The topological polar surface area (TPSA) is 72.1 Å². The normalized spacial score (nSPS) is 20.0. The van der Waals surface area contributed by atoms with Crippen molar-refractivity contribution >= 4 is 5.91 Å². The van der Waals surface area contributed by atoms with Crippen molar-refractivity contribution in [3.63, 3.8) is 0 Å². The average Bonchev–Trinajstić information content (AvgIpc) is 2.75. The van der Waals surface area contributed by atoms with E-state index >= 15 is 0 Å². The van der Waals surface area contributed by atoms with Crippen molar-refractivity contribution in [1.29, 1.82) is 0 Å². The van der Waals surface area contributed by atoms with Crippen LogP contribution in [-0.4, -0.2) is 39.9 Å². The highest BCUT2D eigenvalue weighted by molar-refractivity contribution is 5.95. The molecule has 1 aliphatic rings. The Morgan fingerprint density at radius 2 is 2.35 bits per heavy atom. The summed E-state index contributed by atoms with van der Waals surface area (Å²) in [6.07, 6.45) is 3.97. The quantitative estimate of drug-likeness (QED) is 0.820. The minimum atomic E-state index is 0.00208. The number of carbonyl (C=O) groups is 1. The molecule has 17 heavy (non-hydrogen) atoms. The molecule has 2 N–H and O–H groups in total. The third-order valence-corrected chi connectivity index (χ3v) is 3.03. The zero-order valence-electron chi connectivity index (χ0n) is 10.3. The van der Waals surface area contributed by atoms with Crippen LogP contribution >= 0.6 is 0 Å². The molecule has 1 aromatic rings. The molecule has 1 atom stereocenters. The first-order chi connectivity index (χ1) is 8.09. The molecule has 5 heteroatoms. The Kier molecular flexibility index (Phi) is 3.38. The molecule has 1 amide bonds. The monoisotopic (exact) mass is 234 g/mol. The van der Waals surface area contributed by atoms with E-state index in [0.29, 0.717) is 12.1 Å². The Balaban J connectivity index is 2.25. The second kappa shape index (κ2) is 4.79. The van der Waals surface area contributed by atoms with Crippen molar-refractivity contribution in [2.24, 2.45) is 5.73 Å². The molecule has 0 aliphatic carbocycles. The van der Waals surface area contributed by atoms with Crippen LogP contribution in [0.15, 0.2) is 12.5 Å².